The third-order valence-corrected chi connectivity index (χ3v) is 2.29. The van der Waals surface area contributed by atoms with Gasteiger partial charge in [-0.1, -0.05) is 13.0 Å². The standard InChI is InChI=1S/C11H14FNO2/c1-7(5-11(14)15-2)8-3-4-9(12)10(13)6-8/h3-4,6-7H,5,13H2,1-2H3. The van der Waals surface area contributed by atoms with E-state index in [0.29, 0.717) is 0 Å². The van der Waals surface area contributed by atoms with E-state index in [1.165, 1.54) is 13.2 Å². The second-order valence-electron chi connectivity index (χ2n) is 3.46. The molecule has 0 saturated heterocycles. The van der Waals surface area contributed by atoms with Gasteiger partial charge < -0.3 is 10.5 Å². The van der Waals surface area contributed by atoms with Crippen molar-refractivity contribution in [3.05, 3.63) is 29.6 Å². The highest BCUT2D eigenvalue weighted by atomic mass is 19.1. The number of rotatable bonds is 3. The van der Waals surface area contributed by atoms with Gasteiger partial charge in [0.1, 0.15) is 5.82 Å². The van der Waals surface area contributed by atoms with Gasteiger partial charge in [0, 0.05) is 0 Å². The van der Waals surface area contributed by atoms with Crippen LogP contribution < -0.4 is 5.73 Å². The number of nitrogens with two attached hydrogens (primary N) is 1. The Labute approximate surface area is 88.0 Å². The molecule has 2 N–H and O–H groups in total. The number of halogens is 1. The summed E-state index contributed by atoms with van der Waals surface area (Å²) in [6.07, 6.45) is 0.265. The monoisotopic (exact) mass is 211 g/mol. The molecule has 0 radical (unpaired) electrons. The zero-order chi connectivity index (χ0) is 11.4. The molecule has 0 amide bonds. The minimum atomic E-state index is -0.441. The fourth-order valence-corrected chi connectivity index (χ4v) is 1.32. The van der Waals surface area contributed by atoms with Crippen LogP contribution in [0.1, 0.15) is 24.8 Å². The number of benzene rings is 1. The molecule has 4 heteroatoms. The van der Waals surface area contributed by atoms with Gasteiger partial charge in [-0.05, 0) is 23.6 Å². The molecular weight excluding hydrogens is 197 g/mol. The lowest BCUT2D eigenvalue weighted by Gasteiger charge is -2.11. The number of hydrogen-bond donors (Lipinski definition) is 1. The van der Waals surface area contributed by atoms with Crippen molar-refractivity contribution in [1.29, 1.82) is 0 Å². The fraction of sp³-hybridized carbons (Fsp3) is 0.364. The van der Waals surface area contributed by atoms with Gasteiger partial charge in [-0.25, -0.2) is 4.39 Å². The molecule has 3 nitrogen and oxygen atoms in total. The second kappa shape index (κ2) is 4.77. The molecule has 1 atom stereocenters. The molecule has 0 fully saturated rings. The molecule has 0 aromatic heterocycles. The molecule has 0 aliphatic rings. The third kappa shape index (κ3) is 2.94. The van der Waals surface area contributed by atoms with Crippen molar-refractivity contribution >= 4 is 11.7 Å². The van der Waals surface area contributed by atoms with E-state index in [0.717, 1.165) is 5.56 Å². The van der Waals surface area contributed by atoms with E-state index in [4.69, 9.17) is 5.73 Å². The highest BCUT2D eigenvalue weighted by Crippen LogP contribution is 2.22. The summed E-state index contributed by atoms with van der Waals surface area (Å²) in [5.74, 6) is -0.755. The van der Waals surface area contributed by atoms with Crippen LogP contribution in [-0.4, -0.2) is 13.1 Å². The first-order valence-electron chi connectivity index (χ1n) is 4.66. The summed E-state index contributed by atoms with van der Waals surface area (Å²) in [7, 11) is 1.34. The Morgan fingerprint density at radius 2 is 2.27 bits per heavy atom. The molecule has 0 bridgehead atoms. The van der Waals surface area contributed by atoms with Crippen LogP contribution >= 0.6 is 0 Å². The van der Waals surface area contributed by atoms with Gasteiger partial charge in [-0.2, -0.15) is 0 Å². The largest absolute Gasteiger partial charge is 0.469 e. The van der Waals surface area contributed by atoms with Gasteiger partial charge in [-0.15, -0.1) is 0 Å². The lowest BCUT2D eigenvalue weighted by atomic mass is 9.97. The van der Waals surface area contributed by atoms with E-state index in [1.54, 1.807) is 12.1 Å². The third-order valence-electron chi connectivity index (χ3n) is 2.29. The van der Waals surface area contributed by atoms with Crippen LogP contribution in [0.4, 0.5) is 10.1 Å². The average molecular weight is 211 g/mol. The van der Waals surface area contributed by atoms with Crippen LogP contribution in [0, 0.1) is 5.82 Å². The summed E-state index contributed by atoms with van der Waals surface area (Å²) >= 11 is 0. The van der Waals surface area contributed by atoms with Crippen molar-refractivity contribution in [2.45, 2.75) is 19.3 Å². The zero-order valence-electron chi connectivity index (χ0n) is 8.79. The summed E-state index contributed by atoms with van der Waals surface area (Å²) in [6, 6.07) is 4.47. The van der Waals surface area contributed by atoms with Crippen LogP contribution in [-0.2, 0) is 9.53 Å². The normalized spacial score (nSPS) is 12.2. The van der Waals surface area contributed by atoms with Crippen LogP contribution in [0.5, 0.6) is 0 Å². The van der Waals surface area contributed by atoms with Crippen LogP contribution in [0.25, 0.3) is 0 Å². The number of hydrogen-bond acceptors (Lipinski definition) is 3. The van der Waals surface area contributed by atoms with Gasteiger partial charge in [0.15, 0.2) is 0 Å². The number of esters is 1. The molecule has 82 valence electrons. The van der Waals surface area contributed by atoms with E-state index >= 15 is 0 Å². The first-order chi connectivity index (χ1) is 7.04. The highest BCUT2D eigenvalue weighted by molar-refractivity contribution is 5.70. The quantitative estimate of drug-likeness (QED) is 0.615. The van der Waals surface area contributed by atoms with Crippen molar-refractivity contribution in [3.63, 3.8) is 0 Å². The SMILES string of the molecule is COC(=O)CC(C)c1ccc(F)c(N)c1. The van der Waals surface area contributed by atoms with Gasteiger partial charge >= 0.3 is 5.97 Å². The predicted molar refractivity (Wildman–Crippen MR) is 55.9 cm³/mol. The van der Waals surface area contributed by atoms with E-state index in [2.05, 4.69) is 4.74 Å². The number of ether oxygens (including phenoxy) is 1. The maximum atomic E-state index is 12.9. The summed E-state index contributed by atoms with van der Waals surface area (Å²) in [4.78, 5) is 11.0. The number of carbonyl (C=O) groups is 1. The van der Waals surface area contributed by atoms with E-state index in [1.807, 2.05) is 6.92 Å². The topological polar surface area (TPSA) is 52.3 Å². The Kier molecular flexibility index (Phi) is 3.66. The zero-order valence-corrected chi connectivity index (χ0v) is 8.79. The van der Waals surface area contributed by atoms with Crippen LogP contribution in [0.15, 0.2) is 18.2 Å². The van der Waals surface area contributed by atoms with Gasteiger partial charge in [0.2, 0.25) is 0 Å². The number of nitrogen functional groups attached to an aromatic ring is 1. The van der Waals surface area contributed by atoms with Crippen molar-refractivity contribution in [1.82, 2.24) is 0 Å². The van der Waals surface area contributed by atoms with Crippen LogP contribution in [0.3, 0.4) is 0 Å². The van der Waals surface area contributed by atoms with Gasteiger partial charge in [0.25, 0.3) is 0 Å². The van der Waals surface area contributed by atoms with Crippen molar-refractivity contribution < 1.29 is 13.9 Å². The fourth-order valence-electron chi connectivity index (χ4n) is 1.32. The van der Waals surface area contributed by atoms with E-state index in [-0.39, 0.29) is 24.0 Å². The predicted octanol–water partition coefficient (Wildman–Crippen LogP) is 2.07. The maximum absolute atomic E-state index is 12.9. The highest BCUT2D eigenvalue weighted by Gasteiger charge is 2.12. The van der Waals surface area contributed by atoms with Crippen molar-refractivity contribution in [3.8, 4) is 0 Å². The second-order valence-corrected chi connectivity index (χ2v) is 3.46. The first kappa shape index (κ1) is 11.5. The van der Waals surface area contributed by atoms with E-state index in [9.17, 15) is 9.18 Å². The van der Waals surface area contributed by atoms with Crippen molar-refractivity contribution in [2.24, 2.45) is 0 Å². The van der Waals surface area contributed by atoms with Gasteiger partial charge in [-0.3, -0.25) is 4.79 Å². The Hall–Kier alpha value is -1.58. The number of anilines is 1. The summed E-state index contributed by atoms with van der Waals surface area (Å²) in [5.41, 5.74) is 6.36. The molecule has 15 heavy (non-hydrogen) atoms. The lowest BCUT2D eigenvalue weighted by molar-refractivity contribution is -0.140. The maximum Gasteiger partial charge on any atom is 0.306 e. The Bertz CT molecular complexity index is 366. The molecule has 1 aromatic rings. The Balaban J connectivity index is 2.78. The van der Waals surface area contributed by atoms with Gasteiger partial charge in [0.05, 0.1) is 19.2 Å². The first-order valence-corrected chi connectivity index (χ1v) is 4.66. The lowest BCUT2D eigenvalue weighted by Crippen LogP contribution is -2.06. The molecule has 0 aliphatic heterocycles. The Morgan fingerprint density at radius 3 is 2.80 bits per heavy atom. The smallest absolute Gasteiger partial charge is 0.306 e. The molecule has 1 unspecified atom stereocenters. The van der Waals surface area contributed by atoms with Crippen LogP contribution in [0.2, 0.25) is 0 Å². The molecular formula is C11H14FNO2. The van der Waals surface area contributed by atoms with Crippen molar-refractivity contribution in [2.75, 3.05) is 12.8 Å². The molecule has 1 rings (SSSR count). The molecule has 0 aliphatic carbocycles. The average Bonchev–Trinajstić information content (AvgIpc) is 2.21. The summed E-state index contributed by atoms with van der Waals surface area (Å²) in [6.45, 7) is 1.86. The molecule has 1 aromatic carbocycles. The molecule has 0 heterocycles. The summed E-state index contributed by atoms with van der Waals surface area (Å²) in [5, 5.41) is 0. The Morgan fingerprint density at radius 1 is 1.60 bits per heavy atom. The minimum Gasteiger partial charge on any atom is -0.469 e. The number of methoxy groups -OCH3 is 1. The number of carbonyl (C=O) groups excluding carboxylic acids is 1. The summed E-state index contributed by atoms with van der Waals surface area (Å²) < 4.78 is 17.4. The minimum absolute atomic E-state index is 0.0275. The molecule has 0 spiro atoms. The van der Waals surface area contributed by atoms with E-state index < -0.39 is 5.82 Å². The molecule has 0 saturated carbocycles.